The second kappa shape index (κ2) is 11.5. The fourth-order valence-electron chi connectivity index (χ4n) is 2.92. The van der Waals surface area contributed by atoms with Crippen LogP contribution in [0.4, 0.5) is 5.69 Å². The first-order chi connectivity index (χ1) is 15.8. The molecule has 3 aromatic rings. The molecule has 2 aromatic carbocycles. The van der Waals surface area contributed by atoms with Crippen LogP contribution in [-0.4, -0.2) is 38.9 Å². The van der Waals surface area contributed by atoms with Crippen LogP contribution in [-0.2, 0) is 23.2 Å². The molecule has 0 fully saturated rings. The van der Waals surface area contributed by atoms with E-state index in [1.165, 1.54) is 17.3 Å². The Hall–Kier alpha value is -3.33. The van der Waals surface area contributed by atoms with E-state index in [0.717, 1.165) is 11.3 Å². The van der Waals surface area contributed by atoms with E-state index in [1.807, 2.05) is 55.5 Å². The molecule has 8 nitrogen and oxygen atoms in total. The van der Waals surface area contributed by atoms with Gasteiger partial charge in [0.1, 0.15) is 5.75 Å². The third-order valence-electron chi connectivity index (χ3n) is 4.95. The van der Waals surface area contributed by atoms with E-state index >= 15 is 0 Å². The predicted molar refractivity (Wildman–Crippen MR) is 129 cm³/mol. The summed E-state index contributed by atoms with van der Waals surface area (Å²) in [6.07, 6.45) is 0. The molecule has 0 bridgehead atoms. The molecule has 0 unspecified atom stereocenters. The fraction of sp³-hybridized carbons (Fsp3) is 0.333. The quantitative estimate of drug-likeness (QED) is 0.442. The highest BCUT2D eigenvalue weighted by atomic mass is 32.2. The second-order valence-electron chi connectivity index (χ2n) is 7.95. The molecule has 0 atom stereocenters. The number of anilines is 1. The lowest BCUT2D eigenvalue weighted by Crippen LogP contribution is -2.29. The summed E-state index contributed by atoms with van der Waals surface area (Å²) in [7, 11) is 1.80. The normalized spacial score (nSPS) is 10.8. The first kappa shape index (κ1) is 24.3. The van der Waals surface area contributed by atoms with E-state index in [1.54, 1.807) is 11.6 Å². The van der Waals surface area contributed by atoms with E-state index < -0.39 is 0 Å². The average molecular weight is 468 g/mol. The number of ether oxygens (including phenoxy) is 1. The number of hydrogen-bond donors (Lipinski definition) is 2. The maximum absolute atomic E-state index is 12.2. The van der Waals surface area contributed by atoms with Crippen molar-refractivity contribution in [3.63, 3.8) is 0 Å². The number of nitrogens with zero attached hydrogens (tertiary/aromatic N) is 3. The maximum Gasteiger partial charge on any atom is 0.258 e. The number of nitrogens with one attached hydrogen (secondary N) is 2. The van der Waals surface area contributed by atoms with Gasteiger partial charge in [0.15, 0.2) is 17.6 Å². The van der Waals surface area contributed by atoms with Crippen LogP contribution in [0.2, 0.25) is 0 Å². The minimum absolute atomic E-state index is 0.0837. The number of aryl methyl sites for hydroxylation is 1. The number of aromatic nitrogens is 3. The number of rotatable bonds is 10. The van der Waals surface area contributed by atoms with Crippen LogP contribution in [0.25, 0.3) is 0 Å². The van der Waals surface area contributed by atoms with E-state index in [0.29, 0.717) is 22.6 Å². The molecule has 1 aromatic heterocycles. The van der Waals surface area contributed by atoms with Crippen LogP contribution >= 0.6 is 11.8 Å². The third-order valence-corrected chi connectivity index (χ3v) is 5.97. The SMILES string of the molecule is Cc1ccc(NC(=O)CSc2nnc(CNC(=O)COc3ccc(C(C)C)cc3)n2C)cc1. The van der Waals surface area contributed by atoms with Crippen molar-refractivity contribution >= 4 is 29.3 Å². The third kappa shape index (κ3) is 7.35. The zero-order valence-electron chi connectivity index (χ0n) is 19.3. The minimum atomic E-state index is -0.252. The minimum Gasteiger partial charge on any atom is -0.484 e. The van der Waals surface area contributed by atoms with Gasteiger partial charge in [-0.1, -0.05) is 55.4 Å². The fourth-order valence-corrected chi connectivity index (χ4v) is 3.65. The van der Waals surface area contributed by atoms with Gasteiger partial charge in [-0.15, -0.1) is 10.2 Å². The lowest BCUT2D eigenvalue weighted by molar-refractivity contribution is -0.123. The summed E-state index contributed by atoms with van der Waals surface area (Å²) in [5.41, 5.74) is 3.11. The van der Waals surface area contributed by atoms with Crippen LogP contribution in [0.3, 0.4) is 0 Å². The molecule has 2 amide bonds. The first-order valence-electron chi connectivity index (χ1n) is 10.7. The Labute approximate surface area is 198 Å². The Bertz CT molecular complexity index is 1080. The second-order valence-corrected chi connectivity index (χ2v) is 8.89. The standard InChI is InChI=1S/C24H29N5O3S/c1-16(2)18-7-11-20(12-8-18)32-14-22(30)25-13-21-27-28-24(29(21)4)33-15-23(31)26-19-9-5-17(3)6-10-19/h5-12,16H,13-15H2,1-4H3,(H,25,30)(H,26,31). The molecular weight excluding hydrogens is 438 g/mol. The smallest absolute Gasteiger partial charge is 0.258 e. The zero-order chi connectivity index (χ0) is 23.8. The first-order valence-corrected chi connectivity index (χ1v) is 11.7. The molecule has 1 heterocycles. The largest absolute Gasteiger partial charge is 0.484 e. The van der Waals surface area contributed by atoms with Crippen LogP contribution in [0, 0.1) is 6.92 Å². The van der Waals surface area contributed by atoms with E-state index in [2.05, 4.69) is 34.7 Å². The molecule has 9 heteroatoms. The zero-order valence-corrected chi connectivity index (χ0v) is 20.1. The predicted octanol–water partition coefficient (Wildman–Crippen LogP) is 3.67. The van der Waals surface area contributed by atoms with E-state index in [4.69, 9.17) is 4.74 Å². The van der Waals surface area contributed by atoms with Crippen LogP contribution in [0.1, 0.15) is 36.7 Å². The Morgan fingerprint density at radius 1 is 1.03 bits per heavy atom. The van der Waals surface area contributed by atoms with E-state index in [9.17, 15) is 9.59 Å². The number of carbonyl (C=O) groups is 2. The highest BCUT2D eigenvalue weighted by Gasteiger charge is 2.13. The van der Waals surface area contributed by atoms with Gasteiger partial charge in [-0.25, -0.2) is 0 Å². The van der Waals surface area contributed by atoms with Gasteiger partial charge in [0.2, 0.25) is 5.91 Å². The van der Waals surface area contributed by atoms with Crippen molar-refractivity contribution in [2.75, 3.05) is 17.7 Å². The molecule has 174 valence electrons. The van der Waals surface area contributed by atoms with Crippen LogP contribution in [0.5, 0.6) is 5.75 Å². The monoisotopic (exact) mass is 467 g/mol. The number of carbonyl (C=O) groups excluding carboxylic acids is 2. The van der Waals surface area contributed by atoms with Gasteiger partial charge in [-0.05, 0) is 42.7 Å². The summed E-state index contributed by atoms with van der Waals surface area (Å²) in [4.78, 5) is 24.3. The Morgan fingerprint density at radius 2 is 1.73 bits per heavy atom. The van der Waals surface area contributed by atoms with Crippen LogP contribution in [0.15, 0.2) is 53.7 Å². The molecule has 2 N–H and O–H groups in total. The van der Waals surface area contributed by atoms with Gasteiger partial charge < -0.3 is 19.9 Å². The lowest BCUT2D eigenvalue weighted by atomic mass is 10.0. The Kier molecular flexibility index (Phi) is 8.48. The number of amides is 2. The molecule has 33 heavy (non-hydrogen) atoms. The lowest BCUT2D eigenvalue weighted by Gasteiger charge is -2.09. The Balaban J connectivity index is 1.42. The molecule has 0 saturated carbocycles. The van der Waals surface area contributed by atoms with Gasteiger partial charge >= 0.3 is 0 Å². The summed E-state index contributed by atoms with van der Waals surface area (Å²) < 4.78 is 7.30. The summed E-state index contributed by atoms with van der Waals surface area (Å²) in [5, 5.41) is 14.5. The molecule has 0 aliphatic heterocycles. The average Bonchev–Trinajstić information content (AvgIpc) is 3.16. The van der Waals surface area contributed by atoms with Gasteiger partial charge in [0.05, 0.1) is 12.3 Å². The molecule has 0 saturated heterocycles. The van der Waals surface area contributed by atoms with Crippen molar-refractivity contribution in [2.45, 2.75) is 38.4 Å². The highest BCUT2D eigenvalue weighted by Crippen LogP contribution is 2.19. The Morgan fingerprint density at radius 3 is 2.39 bits per heavy atom. The molecule has 0 spiro atoms. The van der Waals surface area contributed by atoms with E-state index in [-0.39, 0.29) is 30.7 Å². The van der Waals surface area contributed by atoms with Gasteiger partial charge in [0, 0.05) is 12.7 Å². The number of hydrogen-bond acceptors (Lipinski definition) is 6. The van der Waals surface area contributed by atoms with Crippen molar-refractivity contribution in [1.29, 1.82) is 0 Å². The summed E-state index contributed by atoms with van der Waals surface area (Å²) >= 11 is 1.28. The molecule has 0 aliphatic carbocycles. The van der Waals surface area contributed by atoms with Gasteiger partial charge in [-0.3, -0.25) is 9.59 Å². The van der Waals surface area contributed by atoms with Crippen LogP contribution < -0.4 is 15.4 Å². The summed E-state index contributed by atoms with van der Waals surface area (Å²) in [6.45, 7) is 6.38. The molecule has 0 radical (unpaired) electrons. The molecule has 0 aliphatic rings. The maximum atomic E-state index is 12.2. The van der Waals surface area contributed by atoms with Gasteiger partial charge in [0.25, 0.3) is 5.91 Å². The topological polar surface area (TPSA) is 98.1 Å². The summed E-state index contributed by atoms with van der Waals surface area (Å²) in [6, 6.07) is 15.3. The van der Waals surface area contributed by atoms with Crippen molar-refractivity contribution < 1.29 is 14.3 Å². The van der Waals surface area contributed by atoms with Crippen molar-refractivity contribution in [1.82, 2.24) is 20.1 Å². The van der Waals surface area contributed by atoms with Crippen molar-refractivity contribution in [3.05, 3.63) is 65.5 Å². The molecular formula is C24H29N5O3S. The number of thioether (sulfide) groups is 1. The van der Waals surface area contributed by atoms with Crippen molar-refractivity contribution in [3.8, 4) is 5.75 Å². The molecule has 3 rings (SSSR count). The highest BCUT2D eigenvalue weighted by molar-refractivity contribution is 7.99. The summed E-state index contributed by atoms with van der Waals surface area (Å²) in [5.74, 6) is 1.51. The van der Waals surface area contributed by atoms with Gasteiger partial charge in [-0.2, -0.15) is 0 Å². The number of benzene rings is 2. The van der Waals surface area contributed by atoms with Crippen molar-refractivity contribution in [2.24, 2.45) is 7.05 Å².